The Kier molecular flexibility index (Phi) is 3.98. The highest BCUT2D eigenvalue weighted by Crippen LogP contribution is 2.26. The summed E-state index contributed by atoms with van der Waals surface area (Å²) >= 11 is 6.14. The lowest BCUT2D eigenvalue weighted by atomic mass is 10.1. The molecular formula is C17H15ClN2O. The van der Waals surface area contributed by atoms with E-state index in [0.29, 0.717) is 10.6 Å². The molecule has 3 rings (SSSR count). The van der Waals surface area contributed by atoms with E-state index in [4.69, 9.17) is 21.6 Å². The molecule has 2 aromatic rings. The molecule has 2 aromatic carbocycles. The van der Waals surface area contributed by atoms with Gasteiger partial charge in [0, 0.05) is 13.0 Å². The van der Waals surface area contributed by atoms with Crippen molar-refractivity contribution in [3.63, 3.8) is 0 Å². The van der Waals surface area contributed by atoms with Crippen molar-refractivity contribution >= 4 is 17.3 Å². The third-order valence-electron chi connectivity index (χ3n) is 3.58. The molecule has 0 aromatic heterocycles. The first-order valence-corrected chi connectivity index (χ1v) is 7.32. The summed E-state index contributed by atoms with van der Waals surface area (Å²) in [4.78, 5) is 0. The van der Waals surface area contributed by atoms with Crippen LogP contribution in [0.3, 0.4) is 0 Å². The predicted octanol–water partition coefficient (Wildman–Crippen LogP) is 3.80. The third kappa shape index (κ3) is 3.12. The van der Waals surface area contributed by atoms with E-state index in [0.717, 1.165) is 37.4 Å². The van der Waals surface area contributed by atoms with Crippen LogP contribution in [-0.4, -0.2) is 13.2 Å². The zero-order chi connectivity index (χ0) is 14.7. The van der Waals surface area contributed by atoms with E-state index in [1.165, 1.54) is 11.1 Å². The second-order valence-corrected chi connectivity index (χ2v) is 5.43. The maximum Gasteiger partial charge on any atom is 0.122 e. The molecule has 1 aliphatic rings. The van der Waals surface area contributed by atoms with Gasteiger partial charge in [-0.2, -0.15) is 5.26 Å². The first-order valence-electron chi connectivity index (χ1n) is 6.94. The molecule has 0 fully saturated rings. The fraction of sp³-hybridized carbons (Fsp3) is 0.235. The fourth-order valence-corrected chi connectivity index (χ4v) is 2.71. The zero-order valence-corrected chi connectivity index (χ0v) is 12.3. The lowest BCUT2D eigenvalue weighted by Gasteiger charge is -2.09. The molecule has 0 aliphatic carbocycles. The minimum Gasteiger partial charge on any atom is -0.493 e. The van der Waals surface area contributed by atoms with Crippen LogP contribution in [0.5, 0.6) is 5.75 Å². The van der Waals surface area contributed by atoms with Gasteiger partial charge >= 0.3 is 0 Å². The Morgan fingerprint density at radius 1 is 1.24 bits per heavy atom. The third-order valence-corrected chi connectivity index (χ3v) is 3.89. The zero-order valence-electron chi connectivity index (χ0n) is 11.5. The molecule has 0 amide bonds. The molecule has 0 atom stereocenters. The molecule has 0 bridgehead atoms. The van der Waals surface area contributed by atoms with Crippen molar-refractivity contribution < 1.29 is 4.74 Å². The standard InChI is InChI=1S/C17H15ClN2O/c18-15-10-13(11-19)1-3-16(15)20-7-5-12-2-4-17-14(9-12)6-8-21-17/h1-4,9-10,20H,5-8H2. The Hall–Kier alpha value is -2.18. The van der Waals surface area contributed by atoms with Crippen molar-refractivity contribution in [1.82, 2.24) is 0 Å². The quantitative estimate of drug-likeness (QED) is 0.934. The maximum absolute atomic E-state index is 8.82. The summed E-state index contributed by atoms with van der Waals surface area (Å²) in [7, 11) is 0. The summed E-state index contributed by atoms with van der Waals surface area (Å²) in [5.41, 5.74) is 4.02. The summed E-state index contributed by atoms with van der Waals surface area (Å²) in [6.45, 7) is 1.59. The Bertz CT molecular complexity index is 706. The Morgan fingerprint density at radius 2 is 2.14 bits per heavy atom. The molecule has 0 unspecified atom stereocenters. The average molecular weight is 299 g/mol. The molecule has 4 heteroatoms. The lowest BCUT2D eigenvalue weighted by molar-refractivity contribution is 0.357. The molecule has 1 heterocycles. The van der Waals surface area contributed by atoms with Crippen molar-refractivity contribution in [2.45, 2.75) is 12.8 Å². The summed E-state index contributed by atoms with van der Waals surface area (Å²) in [6, 6.07) is 13.7. The molecule has 0 radical (unpaired) electrons. The van der Waals surface area contributed by atoms with Crippen LogP contribution in [0.25, 0.3) is 0 Å². The number of nitrogens with zero attached hydrogens (tertiary/aromatic N) is 1. The second kappa shape index (κ2) is 6.07. The van der Waals surface area contributed by atoms with Crippen LogP contribution in [0.2, 0.25) is 5.02 Å². The van der Waals surface area contributed by atoms with Crippen molar-refractivity contribution in [2.75, 3.05) is 18.5 Å². The summed E-state index contributed by atoms with van der Waals surface area (Å²) in [5, 5.41) is 12.7. The van der Waals surface area contributed by atoms with Crippen LogP contribution in [0, 0.1) is 11.3 Å². The number of rotatable bonds is 4. The van der Waals surface area contributed by atoms with Gasteiger partial charge in [-0.25, -0.2) is 0 Å². The van der Waals surface area contributed by atoms with E-state index in [2.05, 4.69) is 23.5 Å². The Labute approximate surface area is 129 Å². The van der Waals surface area contributed by atoms with E-state index in [9.17, 15) is 0 Å². The lowest BCUT2D eigenvalue weighted by Crippen LogP contribution is -2.05. The number of nitriles is 1. The van der Waals surface area contributed by atoms with Crippen molar-refractivity contribution in [1.29, 1.82) is 5.26 Å². The Balaban J connectivity index is 1.60. The van der Waals surface area contributed by atoms with E-state index >= 15 is 0 Å². The van der Waals surface area contributed by atoms with Crippen LogP contribution in [0.4, 0.5) is 5.69 Å². The van der Waals surface area contributed by atoms with Gasteiger partial charge in [-0.1, -0.05) is 23.7 Å². The van der Waals surface area contributed by atoms with E-state index in [-0.39, 0.29) is 0 Å². The summed E-state index contributed by atoms with van der Waals surface area (Å²) in [6.07, 6.45) is 1.92. The van der Waals surface area contributed by atoms with E-state index in [1.54, 1.807) is 12.1 Å². The highest BCUT2D eigenvalue weighted by Gasteiger charge is 2.11. The molecule has 0 saturated carbocycles. The summed E-state index contributed by atoms with van der Waals surface area (Å²) in [5.74, 6) is 1.02. The van der Waals surface area contributed by atoms with Gasteiger partial charge in [0.05, 0.1) is 28.9 Å². The van der Waals surface area contributed by atoms with Gasteiger partial charge in [0.25, 0.3) is 0 Å². The van der Waals surface area contributed by atoms with Crippen LogP contribution in [0.1, 0.15) is 16.7 Å². The topological polar surface area (TPSA) is 45.0 Å². The van der Waals surface area contributed by atoms with Gasteiger partial charge in [-0.05, 0) is 41.8 Å². The van der Waals surface area contributed by atoms with Gasteiger partial charge in [-0.3, -0.25) is 0 Å². The van der Waals surface area contributed by atoms with Gasteiger partial charge in [0.2, 0.25) is 0 Å². The molecule has 0 spiro atoms. The Morgan fingerprint density at radius 3 is 2.95 bits per heavy atom. The van der Waals surface area contributed by atoms with Crippen molar-refractivity contribution in [3.8, 4) is 11.8 Å². The van der Waals surface area contributed by atoms with Crippen LogP contribution < -0.4 is 10.1 Å². The molecule has 0 saturated heterocycles. The number of benzene rings is 2. The number of anilines is 1. The number of nitrogens with one attached hydrogen (secondary N) is 1. The van der Waals surface area contributed by atoms with Gasteiger partial charge in [0.1, 0.15) is 5.75 Å². The van der Waals surface area contributed by atoms with Gasteiger partial charge in [-0.15, -0.1) is 0 Å². The second-order valence-electron chi connectivity index (χ2n) is 5.02. The van der Waals surface area contributed by atoms with Crippen molar-refractivity contribution in [3.05, 3.63) is 58.1 Å². The smallest absolute Gasteiger partial charge is 0.122 e. The number of hydrogen-bond donors (Lipinski definition) is 1. The largest absolute Gasteiger partial charge is 0.493 e. The maximum atomic E-state index is 8.82. The van der Waals surface area contributed by atoms with Crippen molar-refractivity contribution in [2.24, 2.45) is 0 Å². The number of halogens is 1. The number of fused-ring (bicyclic) bond motifs is 1. The van der Waals surface area contributed by atoms with Crippen LogP contribution >= 0.6 is 11.6 Å². The first kappa shape index (κ1) is 13.8. The minimum absolute atomic E-state index is 0.573. The van der Waals surface area contributed by atoms with Crippen LogP contribution in [0.15, 0.2) is 36.4 Å². The average Bonchev–Trinajstić information content (AvgIpc) is 2.96. The molecule has 21 heavy (non-hydrogen) atoms. The predicted molar refractivity (Wildman–Crippen MR) is 84.0 cm³/mol. The summed E-state index contributed by atoms with van der Waals surface area (Å²) < 4.78 is 5.51. The minimum atomic E-state index is 0.573. The van der Waals surface area contributed by atoms with Gasteiger partial charge in [0.15, 0.2) is 0 Å². The SMILES string of the molecule is N#Cc1ccc(NCCc2ccc3c(c2)CCO3)c(Cl)c1. The van der Waals surface area contributed by atoms with Gasteiger partial charge < -0.3 is 10.1 Å². The number of ether oxygens (including phenoxy) is 1. The molecule has 3 nitrogen and oxygen atoms in total. The number of hydrogen-bond acceptors (Lipinski definition) is 3. The van der Waals surface area contributed by atoms with Crippen LogP contribution in [-0.2, 0) is 12.8 Å². The van der Waals surface area contributed by atoms with E-state index in [1.807, 2.05) is 12.1 Å². The molecule has 106 valence electrons. The highest BCUT2D eigenvalue weighted by atomic mass is 35.5. The normalized spacial score (nSPS) is 12.4. The monoisotopic (exact) mass is 298 g/mol. The highest BCUT2D eigenvalue weighted by molar-refractivity contribution is 6.33. The van der Waals surface area contributed by atoms with E-state index < -0.39 is 0 Å². The molecule has 1 aliphatic heterocycles. The molecular weight excluding hydrogens is 284 g/mol. The fourth-order valence-electron chi connectivity index (χ4n) is 2.46. The first-order chi connectivity index (χ1) is 10.3. The molecule has 1 N–H and O–H groups in total.